The molecule has 1 aliphatic carbocycles. The van der Waals surface area contributed by atoms with Gasteiger partial charge in [0.2, 0.25) is 11.0 Å². The second-order valence-corrected chi connectivity index (χ2v) is 7.81. The molecular weight excluding hydrogens is 334 g/mol. The lowest BCUT2D eigenvalue weighted by Gasteiger charge is -2.34. The highest BCUT2D eigenvalue weighted by Gasteiger charge is 2.28. The van der Waals surface area contributed by atoms with Crippen LogP contribution < -0.4 is 5.32 Å². The van der Waals surface area contributed by atoms with E-state index in [1.54, 1.807) is 0 Å². The molecule has 0 spiro atoms. The van der Waals surface area contributed by atoms with Crippen LogP contribution in [-0.4, -0.2) is 58.6 Å². The van der Waals surface area contributed by atoms with E-state index in [0.717, 1.165) is 37.7 Å². The monoisotopic (exact) mass is 357 g/mol. The molecule has 1 amide bonds. The largest absolute Gasteiger partial charge is 0.299 e. The first-order valence-corrected chi connectivity index (χ1v) is 9.70. The van der Waals surface area contributed by atoms with E-state index in [1.165, 1.54) is 29.7 Å². The third kappa shape index (κ3) is 4.62. The molecule has 0 atom stereocenters. The molecule has 1 saturated heterocycles. The number of hydrogen-bond donors (Lipinski definition) is 1. The number of carbonyl (C=O) groups excluding carboxylic acids is 1. The molecule has 2 fully saturated rings. The molecule has 1 aromatic carbocycles. The Morgan fingerprint density at radius 3 is 2.52 bits per heavy atom. The van der Waals surface area contributed by atoms with Crippen LogP contribution in [0.1, 0.15) is 29.3 Å². The molecule has 6 nitrogen and oxygen atoms in total. The maximum atomic E-state index is 12.2. The van der Waals surface area contributed by atoms with E-state index in [1.807, 2.05) is 6.07 Å². The van der Waals surface area contributed by atoms with Crippen LogP contribution in [0.15, 0.2) is 30.3 Å². The van der Waals surface area contributed by atoms with Crippen LogP contribution in [0.25, 0.3) is 0 Å². The summed E-state index contributed by atoms with van der Waals surface area (Å²) in [5.41, 5.74) is 1.34. The van der Waals surface area contributed by atoms with Crippen LogP contribution >= 0.6 is 11.3 Å². The maximum absolute atomic E-state index is 12.2. The fourth-order valence-corrected chi connectivity index (χ4v) is 4.02. The average Bonchev–Trinajstić information content (AvgIpc) is 3.37. The quantitative estimate of drug-likeness (QED) is 0.859. The minimum Gasteiger partial charge on any atom is -0.299 e. The van der Waals surface area contributed by atoms with Gasteiger partial charge in [0.1, 0.15) is 5.01 Å². The van der Waals surface area contributed by atoms with E-state index < -0.39 is 0 Å². The topological polar surface area (TPSA) is 61.4 Å². The van der Waals surface area contributed by atoms with Gasteiger partial charge in [0.05, 0.1) is 6.54 Å². The van der Waals surface area contributed by atoms with Gasteiger partial charge < -0.3 is 0 Å². The number of benzene rings is 1. The molecule has 132 valence electrons. The smallest absolute Gasteiger partial charge is 0.240 e. The van der Waals surface area contributed by atoms with Crippen molar-refractivity contribution in [1.82, 2.24) is 20.0 Å². The Morgan fingerprint density at radius 1 is 1.08 bits per heavy atom. The normalized spacial score (nSPS) is 19.0. The lowest BCUT2D eigenvalue weighted by Crippen LogP contribution is -2.48. The summed E-state index contributed by atoms with van der Waals surface area (Å²) in [6.07, 6.45) is 2.41. The highest BCUT2D eigenvalue weighted by Crippen LogP contribution is 2.41. The van der Waals surface area contributed by atoms with E-state index in [-0.39, 0.29) is 5.91 Å². The molecule has 0 bridgehead atoms. The number of amides is 1. The van der Waals surface area contributed by atoms with E-state index in [0.29, 0.717) is 17.6 Å². The van der Waals surface area contributed by atoms with Gasteiger partial charge in [-0.2, -0.15) is 0 Å². The number of carbonyl (C=O) groups is 1. The minimum atomic E-state index is 0.00927. The van der Waals surface area contributed by atoms with Crippen molar-refractivity contribution in [2.24, 2.45) is 0 Å². The number of hydrogen-bond acceptors (Lipinski definition) is 6. The Hall–Kier alpha value is -1.83. The highest BCUT2D eigenvalue weighted by molar-refractivity contribution is 7.15. The van der Waals surface area contributed by atoms with Gasteiger partial charge in [0.25, 0.3) is 0 Å². The summed E-state index contributed by atoms with van der Waals surface area (Å²) in [6, 6.07) is 10.5. The summed E-state index contributed by atoms with van der Waals surface area (Å²) in [7, 11) is 0. The standard InChI is InChI=1S/C18H23N5OS/c24-16(19-18-21-20-17(25-18)15-6-7-15)13-23-10-8-22(9-11-23)12-14-4-2-1-3-5-14/h1-5,15H,6-13H2,(H,19,21,24). The zero-order valence-corrected chi connectivity index (χ0v) is 15.0. The van der Waals surface area contributed by atoms with Gasteiger partial charge in [-0.1, -0.05) is 41.7 Å². The van der Waals surface area contributed by atoms with Crippen molar-refractivity contribution in [3.05, 3.63) is 40.9 Å². The maximum Gasteiger partial charge on any atom is 0.240 e. The Bertz CT molecular complexity index is 707. The van der Waals surface area contributed by atoms with Crippen LogP contribution in [-0.2, 0) is 11.3 Å². The molecular formula is C18H23N5OS. The molecule has 2 aliphatic rings. The number of piperazine rings is 1. The van der Waals surface area contributed by atoms with Crippen molar-refractivity contribution in [2.75, 3.05) is 38.0 Å². The molecule has 7 heteroatoms. The number of anilines is 1. The van der Waals surface area contributed by atoms with Crippen molar-refractivity contribution in [3.63, 3.8) is 0 Å². The molecule has 2 aromatic rings. The van der Waals surface area contributed by atoms with Crippen LogP contribution in [0.3, 0.4) is 0 Å². The molecule has 1 saturated carbocycles. The first-order chi connectivity index (χ1) is 12.3. The van der Waals surface area contributed by atoms with Crippen LogP contribution in [0.5, 0.6) is 0 Å². The Morgan fingerprint density at radius 2 is 1.80 bits per heavy atom. The summed E-state index contributed by atoms with van der Waals surface area (Å²) in [5.74, 6) is 0.593. The number of nitrogens with one attached hydrogen (secondary N) is 1. The van der Waals surface area contributed by atoms with E-state index in [2.05, 4.69) is 49.6 Å². The van der Waals surface area contributed by atoms with Gasteiger partial charge in [0, 0.05) is 38.6 Å². The summed E-state index contributed by atoms with van der Waals surface area (Å²) in [4.78, 5) is 16.9. The van der Waals surface area contributed by atoms with Gasteiger partial charge in [0.15, 0.2) is 0 Å². The summed E-state index contributed by atoms with van der Waals surface area (Å²) in [5, 5.41) is 12.8. The zero-order chi connectivity index (χ0) is 17.1. The van der Waals surface area contributed by atoms with Gasteiger partial charge >= 0.3 is 0 Å². The van der Waals surface area contributed by atoms with Crippen molar-refractivity contribution < 1.29 is 4.79 Å². The Kier molecular flexibility index (Phi) is 5.05. The molecule has 2 heterocycles. The van der Waals surface area contributed by atoms with Crippen molar-refractivity contribution in [2.45, 2.75) is 25.3 Å². The number of aromatic nitrogens is 2. The first kappa shape index (κ1) is 16.6. The lowest BCUT2D eigenvalue weighted by molar-refractivity contribution is -0.117. The van der Waals surface area contributed by atoms with Crippen molar-refractivity contribution in [1.29, 1.82) is 0 Å². The predicted octanol–water partition coefficient (Wildman–Crippen LogP) is 2.17. The molecule has 0 unspecified atom stereocenters. The molecule has 1 N–H and O–H groups in total. The molecule has 4 rings (SSSR count). The lowest BCUT2D eigenvalue weighted by atomic mass is 10.2. The summed E-state index contributed by atoms with van der Waals surface area (Å²) in [6.45, 7) is 5.24. The van der Waals surface area contributed by atoms with Crippen LogP contribution in [0.2, 0.25) is 0 Å². The Labute approximate surface area is 151 Å². The molecule has 0 radical (unpaired) electrons. The van der Waals surface area contributed by atoms with Gasteiger partial charge in [-0.05, 0) is 18.4 Å². The number of nitrogens with zero attached hydrogens (tertiary/aromatic N) is 4. The van der Waals surface area contributed by atoms with E-state index >= 15 is 0 Å². The van der Waals surface area contributed by atoms with Crippen molar-refractivity contribution >= 4 is 22.4 Å². The van der Waals surface area contributed by atoms with Crippen molar-refractivity contribution in [3.8, 4) is 0 Å². The van der Waals surface area contributed by atoms with Crippen LogP contribution in [0, 0.1) is 0 Å². The third-order valence-electron chi connectivity index (χ3n) is 4.69. The Balaban J connectivity index is 1.20. The zero-order valence-electron chi connectivity index (χ0n) is 14.2. The first-order valence-electron chi connectivity index (χ1n) is 8.88. The summed E-state index contributed by atoms with van der Waals surface area (Å²) >= 11 is 1.51. The fraction of sp³-hybridized carbons (Fsp3) is 0.500. The second kappa shape index (κ2) is 7.59. The SMILES string of the molecule is O=C(CN1CCN(Cc2ccccc2)CC1)Nc1nnc(C2CC2)s1. The van der Waals surface area contributed by atoms with Crippen LogP contribution in [0.4, 0.5) is 5.13 Å². The fourth-order valence-electron chi connectivity index (χ4n) is 3.09. The van der Waals surface area contributed by atoms with Gasteiger partial charge in [-0.25, -0.2) is 0 Å². The van der Waals surface area contributed by atoms with Gasteiger partial charge in [-0.15, -0.1) is 10.2 Å². The summed E-state index contributed by atoms with van der Waals surface area (Å²) < 4.78 is 0. The average molecular weight is 357 g/mol. The minimum absolute atomic E-state index is 0.00927. The van der Waals surface area contributed by atoms with Gasteiger partial charge in [-0.3, -0.25) is 19.9 Å². The molecule has 25 heavy (non-hydrogen) atoms. The molecule has 1 aromatic heterocycles. The second-order valence-electron chi connectivity index (χ2n) is 6.81. The predicted molar refractivity (Wildman–Crippen MR) is 98.7 cm³/mol. The highest BCUT2D eigenvalue weighted by atomic mass is 32.1. The number of rotatable bonds is 6. The molecule has 1 aliphatic heterocycles. The van der Waals surface area contributed by atoms with E-state index in [9.17, 15) is 4.79 Å². The van der Waals surface area contributed by atoms with E-state index in [4.69, 9.17) is 0 Å². The third-order valence-corrected chi connectivity index (χ3v) is 5.70.